The van der Waals surface area contributed by atoms with Crippen LogP contribution in [-0.4, -0.2) is 20.2 Å². The van der Waals surface area contributed by atoms with Crippen molar-refractivity contribution in [3.8, 4) is 5.75 Å². The minimum absolute atomic E-state index is 0.153. The molecular formula is C12H15BrFNO. The smallest absolute Gasteiger partial charge is 0.133 e. The molecule has 0 radical (unpaired) electrons. The van der Waals surface area contributed by atoms with Gasteiger partial charge in [-0.3, -0.25) is 0 Å². The second kappa shape index (κ2) is 5.15. The number of rotatable bonds is 3. The summed E-state index contributed by atoms with van der Waals surface area (Å²) in [5.41, 5.74) is 0.730. The molecular weight excluding hydrogens is 273 g/mol. The van der Waals surface area contributed by atoms with Gasteiger partial charge in [0.05, 0.1) is 11.6 Å². The number of methoxy groups -OCH3 is 1. The first-order valence-corrected chi connectivity index (χ1v) is 6.23. The maximum atomic E-state index is 13.7. The molecule has 1 atom stereocenters. The van der Waals surface area contributed by atoms with E-state index < -0.39 is 0 Å². The Morgan fingerprint density at radius 1 is 1.56 bits per heavy atom. The zero-order valence-electron chi connectivity index (χ0n) is 9.22. The zero-order chi connectivity index (χ0) is 11.5. The Bertz CT molecular complexity index is 378. The molecule has 1 aromatic carbocycles. The first-order valence-electron chi connectivity index (χ1n) is 5.44. The number of nitrogens with one attached hydrogen (secondary N) is 1. The second-order valence-electron chi connectivity index (χ2n) is 4.11. The number of benzene rings is 1. The van der Waals surface area contributed by atoms with E-state index in [9.17, 15) is 4.39 Å². The maximum absolute atomic E-state index is 13.7. The first kappa shape index (κ1) is 11.9. The van der Waals surface area contributed by atoms with Gasteiger partial charge in [-0.25, -0.2) is 4.39 Å². The highest BCUT2D eigenvalue weighted by atomic mass is 79.9. The van der Waals surface area contributed by atoms with Crippen LogP contribution in [0.25, 0.3) is 0 Å². The van der Waals surface area contributed by atoms with E-state index in [2.05, 4.69) is 21.2 Å². The van der Waals surface area contributed by atoms with Gasteiger partial charge in [-0.05, 0) is 59.9 Å². The summed E-state index contributed by atoms with van der Waals surface area (Å²) in [6.45, 7) is 2.01. The van der Waals surface area contributed by atoms with Crippen molar-refractivity contribution in [3.63, 3.8) is 0 Å². The molecule has 0 spiro atoms. The van der Waals surface area contributed by atoms with E-state index in [1.807, 2.05) is 0 Å². The van der Waals surface area contributed by atoms with Gasteiger partial charge in [-0.15, -0.1) is 0 Å². The molecule has 0 bridgehead atoms. The third kappa shape index (κ3) is 2.38. The highest BCUT2D eigenvalue weighted by Crippen LogP contribution is 2.32. The normalized spacial score (nSPS) is 20.1. The summed E-state index contributed by atoms with van der Waals surface area (Å²) >= 11 is 3.41. The van der Waals surface area contributed by atoms with Crippen LogP contribution in [0, 0.1) is 11.7 Å². The van der Waals surface area contributed by atoms with E-state index in [1.54, 1.807) is 13.2 Å². The molecule has 0 amide bonds. The number of hydrogen-bond acceptors (Lipinski definition) is 2. The summed E-state index contributed by atoms with van der Waals surface area (Å²) in [5.74, 6) is 1.07. The molecule has 1 saturated heterocycles. The van der Waals surface area contributed by atoms with E-state index in [0.717, 1.165) is 36.0 Å². The SMILES string of the molecule is COc1ccc(F)c(CC2CCNC2)c1Br. The molecule has 0 aromatic heterocycles. The van der Waals surface area contributed by atoms with Gasteiger partial charge in [0.1, 0.15) is 11.6 Å². The van der Waals surface area contributed by atoms with E-state index in [0.29, 0.717) is 11.7 Å². The van der Waals surface area contributed by atoms with Gasteiger partial charge in [0.15, 0.2) is 0 Å². The van der Waals surface area contributed by atoms with Crippen molar-refractivity contribution >= 4 is 15.9 Å². The van der Waals surface area contributed by atoms with Gasteiger partial charge in [-0.1, -0.05) is 0 Å². The van der Waals surface area contributed by atoms with Crippen molar-refractivity contribution < 1.29 is 9.13 Å². The average Bonchev–Trinajstić information content (AvgIpc) is 2.77. The van der Waals surface area contributed by atoms with Gasteiger partial charge in [-0.2, -0.15) is 0 Å². The number of ether oxygens (including phenoxy) is 1. The highest BCUT2D eigenvalue weighted by molar-refractivity contribution is 9.10. The van der Waals surface area contributed by atoms with Crippen LogP contribution >= 0.6 is 15.9 Å². The van der Waals surface area contributed by atoms with Crippen LogP contribution in [0.1, 0.15) is 12.0 Å². The predicted molar refractivity (Wildman–Crippen MR) is 65.3 cm³/mol. The lowest BCUT2D eigenvalue weighted by Gasteiger charge is -2.13. The van der Waals surface area contributed by atoms with Crippen LogP contribution in [-0.2, 0) is 6.42 Å². The minimum atomic E-state index is -0.153. The Labute approximate surface area is 103 Å². The summed E-state index contributed by atoms with van der Waals surface area (Å²) in [6, 6.07) is 3.12. The highest BCUT2D eigenvalue weighted by Gasteiger charge is 2.20. The molecule has 16 heavy (non-hydrogen) atoms. The molecule has 1 aromatic rings. The van der Waals surface area contributed by atoms with Crippen LogP contribution in [0.5, 0.6) is 5.75 Å². The van der Waals surface area contributed by atoms with Gasteiger partial charge < -0.3 is 10.1 Å². The van der Waals surface area contributed by atoms with Gasteiger partial charge in [0.2, 0.25) is 0 Å². The fraction of sp³-hybridized carbons (Fsp3) is 0.500. The molecule has 1 aliphatic heterocycles. The largest absolute Gasteiger partial charge is 0.496 e. The Kier molecular flexibility index (Phi) is 3.82. The molecule has 1 fully saturated rings. The summed E-state index contributed by atoms with van der Waals surface area (Å²) in [5, 5.41) is 3.29. The lowest BCUT2D eigenvalue weighted by molar-refractivity contribution is 0.408. The van der Waals surface area contributed by atoms with Crippen LogP contribution < -0.4 is 10.1 Å². The van der Waals surface area contributed by atoms with Crippen LogP contribution in [0.3, 0.4) is 0 Å². The Hall–Kier alpha value is -0.610. The molecule has 2 rings (SSSR count). The monoisotopic (exact) mass is 287 g/mol. The van der Waals surface area contributed by atoms with E-state index in [-0.39, 0.29) is 5.82 Å². The molecule has 1 N–H and O–H groups in total. The molecule has 4 heteroatoms. The minimum Gasteiger partial charge on any atom is -0.496 e. The quantitative estimate of drug-likeness (QED) is 0.923. The van der Waals surface area contributed by atoms with Gasteiger partial charge >= 0.3 is 0 Å². The first-order chi connectivity index (χ1) is 7.72. The van der Waals surface area contributed by atoms with Crippen molar-refractivity contribution in [2.45, 2.75) is 12.8 Å². The molecule has 0 aliphatic carbocycles. The third-order valence-corrected chi connectivity index (χ3v) is 3.90. The van der Waals surface area contributed by atoms with Crippen molar-refractivity contribution in [2.75, 3.05) is 20.2 Å². The fourth-order valence-corrected chi connectivity index (χ4v) is 2.74. The number of halogens is 2. The Morgan fingerprint density at radius 2 is 2.38 bits per heavy atom. The van der Waals surface area contributed by atoms with E-state index in [4.69, 9.17) is 4.74 Å². The predicted octanol–water partition coefficient (Wildman–Crippen LogP) is 2.75. The zero-order valence-corrected chi connectivity index (χ0v) is 10.8. The average molecular weight is 288 g/mol. The van der Waals surface area contributed by atoms with E-state index >= 15 is 0 Å². The number of hydrogen-bond donors (Lipinski definition) is 1. The van der Waals surface area contributed by atoms with Crippen LogP contribution in [0.4, 0.5) is 4.39 Å². The molecule has 2 nitrogen and oxygen atoms in total. The Morgan fingerprint density at radius 3 is 3.00 bits per heavy atom. The van der Waals surface area contributed by atoms with Gasteiger partial charge in [0.25, 0.3) is 0 Å². The molecule has 88 valence electrons. The Balaban J connectivity index is 2.23. The maximum Gasteiger partial charge on any atom is 0.133 e. The summed E-state index contributed by atoms with van der Waals surface area (Å²) < 4.78 is 19.6. The van der Waals surface area contributed by atoms with E-state index in [1.165, 1.54) is 6.07 Å². The van der Waals surface area contributed by atoms with Crippen molar-refractivity contribution in [3.05, 3.63) is 28.0 Å². The van der Waals surface area contributed by atoms with Crippen molar-refractivity contribution in [2.24, 2.45) is 5.92 Å². The standard InChI is InChI=1S/C12H15BrFNO/c1-16-11-3-2-10(14)9(12(11)13)6-8-4-5-15-7-8/h2-3,8,15H,4-7H2,1H3. The summed E-state index contributed by atoms with van der Waals surface area (Å²) in [7, 11) is 1.60. The molecule has 1 heterocycles. The third-order valence-electron chi connectivity index (χ3n) is 3.03. The van der Waals surface area contributed by atoms with Crippen LogP contribution in [0.15, 0.2) is 16.6 Å². The summed E-state index contributed by atoms with van der Waals surface area (Å²) in [6.07, 6.45) is 1.87. The van der Waals surface area contributed by atoms with Crippen LogP contribution in [0.2, 0.25) is 0 Å². The van der Waals surface area contributed by atoms with Crippen molar-refractivity contribution in [1.29, 1.82) is 0 Å². The summed E-state index contributed by atoms with van der Waals surface area (Å²) in [4.78, 5) is 0. The van der Waals surface area contributed by atoms with Crippen molar-refractivity contribution in [1.82, 2.24) is 5.32 Å². The lowest BCUT2D eigenvalue weighted by atomic mass is 9.98. The topological polar surface area (TPSA) is 21.3 Å². The fourth-order valence-electron chi connectivity index (χ4n) is 2.10. The van der Waals surface area contributed by atoms with Gasteiger partial charge in [0, 0.05) is 5.56 Å². The molecule has 0 saturated carbocycles. The molecule has 1 unspecified atom stereocenters. The molecule has 1 aliphatic rings. The second-order valence-corrected chi connectivity index (χ2v) is 4.90. The lowest BCUT2D eigenvalue weighted by Crippen LogP contribution is -2.12.